The fraction of sp³-hybridized carbons (Fsp3) is 0.400. The van der Waals surface area contributed by atoms with Gasteiger partial charge < -0.3 is 14.8 Å². The fourth-order valence-corrected chi connectivity index (χ4v) is 3.56. The van der Waals surface area contributed by atoms with Crippen LogP contribution in [-0.2, 0) is 4.74 Å². The van der Waals surface area contributed by atoms with Crippen LogP contribution in [0.15, 0.2) is 47.6 Å². The van der Waals surface area contributed by atoms with Gasteiger partial charge >= 0.3 is 0 Å². The number of carbonyl (C=O) groups excluding carboxylic acids is 1. The molecule has 0 bridgehead atoms. The Balaban J connectivity index is 1.46. The normalized spacial score (nSPS) is 14.7. The monoisotopic (exact) mass is 387 g/mol. The average molecular weight is 388 g/mol. The highest BCUT2D eigenvalue weighted by Crippen LogP contribution is 2.18. The molecule has 3 rings (SSSR count). The van der Waals surface area contributed by atoms with Crippen LogP contribution in [0.1, 0.15) is 17.3 Å². The Hall–Kier alpha value is -2.09. The second-order valence-electron chi connectivity index (χ2n) is 6.10. The van der Waals surface area contributed by atoms with Crippen LogP contribution in [0.5, 0.6) is 5.75 Å². The van der Waals surface area contributed by atoms with Gasteiger partial charge in [-0.1, -0.05) is 0 Å². The van der Waals surface area contributed by atoms with Gasteiger partial charge in [0.1, 0.15) is 5.75 Å². The van der Waals surface area contributed by atoms with E-state index in [1.165, 1.54) is 0 Å². The maximum atomic E-state index is 12.3. The zero-order valence-corrected chi connectivity index (χ0v) is 16.3. The largest absolute Gasteiger partial charge is 0.494 e. The van der Waals surface area contributed by atoms with E-state index in [0.717, 1.165) is 55.1 Å². The van der Waals surface area contributed by atoms with Crippen molar-refractivity contribution in [1.29, 1.82) is 0 Å². The maximum Gasteiger partial charge on any atom is 0.257 e. The summed E-state index contributed by atoms with van der Waals surface area (Å²) in [5.74, 6) is 1.59. The molecule has 0 unspecified atom stereocenters. The molecule has 1 aromatic carbocycles. The maximum absolute atomic E-state index is 12.3. The highest BCUT2D eigenvalue weighted by molar-refractivity contribution is 7.99. The number of benzene rings is 1. The van der Waals surface area contributed by atoms with E-state index in [2.05, 4.69) is 15.2 Å². The quantitative estimate of drug-likeness (QED) is 0.702. The van der Waals surface area contributed by atoms with Crippen molar-refractivity contribution in [3.8, 4) is 5.75 Å². The summed E-state index contributed by atoms with van der Waals surface area (Å²) >= 11 is 1.71. The van der Waals surface area contributed by atoms with E-state index >= 15 is 0 Å². The molecule has 6 nitrogen and oxygen atoms in total. The number of amides is 1. The number of rotatable bonds is 8. The van der Waals surface area contributed by atoms with Gasteiger partial charge in [0.2, 0.25) is 0 Å². The van der Waals surface area contributed by atoms with Crippen LogP contribution in [0.3, 0.4) is 0 Å². The number of carbonyl (C=O) groups is 1. The Morgan fingerprint density at radius 2 is 2.00 bits per heavy atom. The minimum absolute atomic E-state index is 0.170. The van der Waals surface area contributed by atoms with Crippen molar-refractivity contribution in [3.05, 3.63) is 48.2 Å². The molecule has 7 heteroatoms. The lowest BCUT2D eigenvalue weighted by atomic mass is 10.2. The van der Waals surface area contributed by atoms with Crippen molar-refractivity contribution in [2.24, 2.45) is 0 Å². The van der Waals surface area contributed by atoms with Gasteiger partial charge in [-0.3, -0.25) is 9.69 Å². The van der Waals surface area contributed by atoms with E-state index < -0.39 is 0 Å². The number of aromatic nitrogens is 1. The first-order valence-electron chi connectivity index (χ1n) is 9.18. The summed E-state index contributed by atoms with van der Waals surface area (Å²) < 4.78 is 10.8. The number of ether oxygens (including phenoxy) is 2. The average Bonchev–Trinajstić information content (AvgIpc) is 2.71. The molecule has 1 N–H and O–H groups in total. The summed E-state index contributed by atoms with van der Waals surface area (Å²) in [7, 11) is 0. The summed E-state index contributed by atoms with van der Waals surface area (Å²) in [5, 5.41) is 3.80. The molecule has 0 radical (unpaired) electrons. The van der Waals surface area contributed by atoms with Gasteiger partial charge in [-0.25, -0.2) is 4.98 Å². The van der Waals surface area contributed by atoms with Crippen LogP contribution in [-0.4, -0.2) is 61.0 Å². The number of pyridine rings is 1. The van der Waals surface area contributed by atoms with E-state index in [1.54, 1.807) is 18.0 Å². The first kappa shape index (κ1) is 19.7. The molecule has 144 valence electrons. The number of hydrogen-bond acceptors (Lipinski definition) is 6. The van der Waals surface area contributed by atoms with Crippen molar-refractivity contribution in [3.63, 3.8) is 0 Å². The van der Waals surface area contributed by atoms with Crippen molar-refractivity contribution in [1.82, 2.24) is 9.88 Å². The Morgan fingerprint density at radius 1 is 1.22 bits per heavy atom. The van der Waals surface area contributed by atoms with Crippen molar-refractivity contribution in [2.45, 2.75) is 11.9 Å². The Morgan fingerprint density at radius 3 is 2.67 bits per heavy atom. The van der Waals surface area contributed by atoms with Gasteiger partial charge in [0.25, 0.3) is 5.91 Å². The molecule has 27 heavy (non-hydrogen) atoms. The number of thioether (sulfide) groups is 1. The molecule has 0 saturated carbocycles. The molecule has 0 atom stereocenters. The summed E-state index contributed by atoms with van der Waals surface area (Å²) in [6, 6.07) is 11.0. The summed E-state index contributed by atoms with van der Waals surface area (Å²) in [4.78, 5) is 19.1. The van der Waals surface area contributed by atoms with E-state index in [4.69, 9.17) is 9.47 Å². The zero-order chi connectivity index (χ0) is 18.9. The lowest BCUT2D eigenvalue weighted by Crippen LogP contribution is -2.37. The number of anilines is 1. The van der Waals surface area contributed by atoms with Crippen LogP contribution in [0.4, 0.5) is 5.69 Å². The van der Waals surface area contributed by atoms with Crippen LogP contribution in [0.25, 0.3) is 0 Å². The Labute approximate surface area is 164 Å². The van der Waals surface area contributed by atoms with Crippen LogP contribution < -0.4 is 10.1 Å². The van der Waals surface area contributed by atoms with E-state index in [1.807, 2.05) is 43.3 Å². The van der Waals surface area contributed by atoms with Crippen molar-refractivity contribution >= 4 is 23.4 Å². The zero-order valence-electron chi connectivity index (χ0n) is 15.5. The van der Waals surface area contributed by atoms with E-state index in [-0.39, 0.29) is 5.91 Å². The molecule has 1 aliphatic rings. The first-order chi connectivity index (χ1) is 13.2. The topological polar surface area (TPSA) is 63.7 Å². The van der Waals surface area contributed by atoms with Gasteiger partial charge in [0.15, 0.2) is 0 Å². The van der Waals surface area contributed by atoms with Crippen LogP contribution in [0, 0.1) is 0 Å². The second-order valence-corrected chi connectivity index (χ2v) is 7.21. The predicted molar refractivity (Wildman–Crippen MR) is 108 cm³/mol. The number of morpholine rings is 1. The molecule has 1 aliphatic heterocycles. The lowest BCUT2D eigenvalue weighted by molar-refractivity contribution is 0.0410. The third-order valence-electron chi connectivity index (χ3n) is 4.18. The smallest absolute Gasteiger partial charge is 0.257 e. The lowest BCUT2D eigenvalue weighted by Gasteiger charge is -2.26. The summed E-state index contributed by atoms with van der Waals surface area (Å²) in [6.07, 6.45) is 1.63. The van der Waals surface area contributed by atoms with E-state index in [9.17, 15) is 4.79 Å². The predicted octanol–water partition coefficient (Wildman–Crippen LogP) is 3.16. The summed E-state index contributed by atoms with van der Waals surface area (Å²) in [6.45, 7) is 7.22. The summed E-state index contributed by atoms with van der Waals surface area (Å²) in [5.41, 5.74) is 1.27. The van der Waals surface area contributed by atoms with Crippen LogP contribution >= 0.6 is 11.8 Å². The fourth-order valence-electron chi connectivity index (χ4n) is 2.71. The molecule has 1 fully saturated rings. The number of hydrogen-bond donors (Lipinski definition) is 1. The van der Waals surface area contributed by atoms with Gasteiger partial charge in [0.05, 0.1) is 30.4 Å². The molecular weight excluding hydrogens is 362 g/mol. The molecule has 1 aromatic heterocycles. The molecule has 0 spiro atoms. The van der Waals surface area contributed by atoms with Crippen molar-refractivity contribution in [2.75, 3.05) is 50.5 Å². The number of nitrogens with zero attached hydrogens (tertiary/aromatic N) is 2. The van der Waals surface area contributed by atoms with Crippen molar-refractivity contribution < 1.29 is 14.3 Å². The van der Waals surface area contributed by atoms with E-state index in [0.29, 0.717) is 12.2 Å². The highest BCUT2D eigenvalue weighted by atomic mass is 32.2. The molecule has 1 amide bonds. The third kappa shape index (κ3) is 6.23. The van der Waals surface area contributed by atoms with Crippen LogP contribution in [0.2, 0.25) is 0 Å². The van der Waals surface area contributed by atoms with Gasteiger partial charge in [-0.05, 0) is 43.3 Å². The molecule has 2 aromatic rings. The van der Waals surface area contributed by atoms with Gasteiger partial charge in [-0.15, -0.1) is 11.8 Å². The minimum atomic E-state index is -0.170. The number of nitrogens with one attached hydrogen (secondary N) is 1. The highest BCUT2D eigenvalue weighted by Gasteiger charge is 2.11. The molecule has 0 aliphatic carbocycles. The molecular formula is C20H25N3O3S. The van der Waals surface area contributed by atoms with Gasteiger partial charge in [-0.2, -0.15) is 0 Å². The second kappa shape index (κ2) is 10.3. The van der Waals surface area contributed by atoms with Gasteiger partial charge in [0, 0.05) is 37.3 Å². The Bertz CT molecular complexity index is 716. The minimum Gasteiger partial charge on any atom is -0.494 e. The third-order valence-corrected chi connectivity index (χ3v) is 5.11. The standard InChI is InChI=1S/C20H25N3O3S/c1-2-26-18-6-4-17(5-7-18)22-20(24)16-3-8-19(21-15-16)27-14-11-23-9-12-25-13-10-23/h3-8,15H,2,9-14H2,1H3,(H,22,24). The Kier molecular flexibility index (Phi) is 7.50. The first-order valence-corrected chi connectivity index (χ1v) is 10.2. The SMILES string of the molecule is CCOc1ccc(NC(=O)c2ccc(SCCN3CCOCC3)nc2)cc1. The molecule has 2 heterocycles. The molecule has 1 saturated heterocycles.